The third kappa shape index (κ3) is 7.84. The molecule has 0 heteroatoms. The molecular weight excluding hydrogens is 144 g/mol. The van der Waals surface area contributed by atoms with E-state index in [4.69, 9.17) is 0 Å². The van der Waals surface area contributed by atoms with Crippen molar-refractivity contribution in [2.75, 3.05) is 0 Å². The Hall–Kier alpha value is -0.260. The van der Waals surface area contributed by atoms with E-state index in [9.17, 15) is 0 Å². The van der Waals surface area contributed by atoms with Crippen LogP contribution in [0, 0.1) is 5.92 Å². The number of hydrogen-bond donors (Lipinski definition) is 0. The second-order valence-corrected chi connectivity index (χ2v) is 3.77. The fourth-order valence-electron chi connectivity index (χ4n) is 1.36. The Morgan fingerprint density at radius 1 is 1.08 bits per heavy atom. The minimum absolute atomic E-state index is 0.719. The van der Waals surface area contributed by atoms with Crippen LogP contribution in [0.4, 0.5) is 0 Å². The molecule has 0 amide bonds. The standard InChI is InChI=1S/C12H24/c1-4-6-7-8-9-10-11-12(3)5-2/h5,12H,2,4,6-11H2,1,3H3/t12-/m1/s1. The van der Waals surface area contributed by atoms with E-state index in [1.165, 1.54) is 44.9 Å². The Morgan fingerprint density at radius 3 is 2.25 bits per heavy atom. The molecule has 0 unspecified atom stereocenters. The maximum atomic E-state index is 3.79. The smallest absolute Gasteiger partial charge is 0.0265 e. The molecule has 0 aromatic heterocycles. The van der Waals surface area contributed by atoms with Gasteiger partial charge in [0, 0.05) is 0 Å². The molecule has 0 nitrogen and oxygen atoms in total. The Labute approximate surface area is 78.1 Å². The Bertz CT molecular complexity index is 94.2. The minimum Gasteiger partial charge on any atom is -0.103 e. The largest absolute Gasteiger partial charge is 0.103 e. The monoisotopic (exact) mass is 168 g/mol. The molecule has 0 aliphatic heterocycles. The van der Waals surface area contributed by atoms with Crippen LogP contribution in [-0.4, -0.2) is 0 Å². The van der Waals surface area contributed by atoms with Gasteiger partial charge < -0.3 is 0 Å². The molecule has 0 aromatic rings. The summed E-state index contributed by atoms with van der Waals surface area (Å²) in [5, 5.41) is 0. The summed E-state index contributed by atoms with van der Waals surface area (Å²) in [6.45, 7) is 8.30. The van der Waals surface area contributed by atoms with E-state index >= 15 is 0 Å². The summed E-state index contributed by atoms with van der Waals surface area (Å²) in [7, 11) is 0. The van der Waals surface area contributed by atoms with Gasteiger partial charge >= 0.3 is 0 Å². The number of unbranched alkanes of at least 4 members (excludes halogenated alkanes) is 5. The molecule has 0 aliphatic rings. The average molecular weight is 168 g/mol. The first-order valence-electron chi connectivity index (χ1n) is 5.43. The van der Waals surface area contributed by atoms with E-state index in [2.05, 4.69) is 26.5 Å². The highest BCUT2D eigenvalue weighted by Gasteiger charge is 1.95. The van der Waals surface area contributed by atoms with Crippen LogP contribution in [0.1, 0.15) is 58.8 Å². The molecule has 0 rings (SSSR count). The van der Waals surface area contributed by atoms with Gasteiger partial charge in [0.05, 0.1) is 0 Å². The van der Waals surface area contributed by atoms with E-state index < -0.39 is 0 Å². The van der Waals surface area contributed by atoms with Gasteiger partial charge in [-0.1, -0.05) is 58.4 Å². The highest BCUT2D eigenvalue weighted by molar-refractivity contribution is 4.74. The van der Waals surface area contributed by atoms with Crippen LogP contribution in [-0.2, 0) is 0 Å². The zero-order chi connectivity index (χ0) is 9.23. The molecule has 1 atom stereocenters. The third-order valence-corrected chi connectivity index (χ3v) is 2.42. The van der Waals surface area contributed by atoms with Crippen molar-refractivity contribution in [2.45, 2.75) is 58.8 Å². The lowest BCUT2D eigenvalue weighted by Gasteiger charge is -2.04. The Morgan fingerprint density at radius 2 is 1.67 bits per heavy atom. The zero-order valence-electron chi connectivity index (χ0n) is 8.81. The van der Waals surface area contributed by atoms with Crippen LogP contribution in [0.3, 0.4) is 0 Å². The maximum absolute atomic E-state index is 3.79. The van der Waals surface area contributed by atoms with Crippen LogP contribution in [0.25, 0.3) is 0 Å². The van der Waals surface area contributed by atoms with Crippen molar-refractivity contribution < 1.29 is 0 Å². The lowest BCUT2D eigenvalue weighted by atomic mass is 10.0. The molecule has 72 valence electrons. The van der Waals surface area contributed by atoms with Crippen molar-refractivity contribution >= 4 is 0 Å². The number of hydrogen-bond acceptors (Lipinski definition) is 0. The molecule has 0 radical (unpaired) electrons. The number of rotatable bonds is 8. The summed E-state index contributed by atoms with van der Waals surface area (Å²) in [5.74, 6) is 0.719. The van der Waals surface area contributed by atoms with E-state index in [-0.39, 0.29) is 0 Å². The fraction of sp³-hybridized carbons (Fsp3) is 0.833. The van der Waals surface area contributed by atoms with Gasteiger partial charge in [-0.05, 0) is 12.3 Å². The van der Waals surface area contributed by atoms with Crippen LogP contribution < -0.4 is 0 Å². The molecule has 0 saturated carbocycles. The van der Waals surface area contributed by atoms with Crippen LogP contribution in [0.15, 0.2) is 12.7 Å². The molecule has 0 N–H and O–H groups in total. The summed E-state index contributed by atoms with van der Waals surface area (Å²) in [5.41, 5.74) is 0. The third-order valence-electron chi connectivity index (χ3n) is 2.42. The summed E-state index contributed by atoms with van der Waals surface area (Å²) < 4.78 is 0. The van der Waals surface area contributed by atoms with E-state index in [1.54, 1.807) is 0 Å². The van der Waals surface area contributed by atoms with E-state index in [0.717, 1.165) is 5.92 Å². The SMILES string of the molecule is C=C[C@@H](C)CCCCCCCC. The predicted molar refractivity (Wildman–Crippen MR) is 57.4 cm³/mol. The molecular formula is C12H24. The van der Waals surface area contributed by atoms with Crippen molar-refractivity contribution in [1.82, 2.24) is 0 Å². The van der Waals surface area contributed by atoms with Gasteiger partial charge in [-0.25, -0.2) is 0 Å². The topological polar surface area (TPSA) is 0 Å². The Balaban J connectivity index is 2.95. The lowest BCUT2D eigenvalue weighted by Crippen LogP contribution is -1.88. The van der Waals surface area contributed by atoms with Crippen molar-refractivity contribution in [3.63, 3.8) is 0 Å². The summed E-state index contributed by atoms with van der Waals surface area (Å²) >= 11 is 0. The first-order chi connectivity index (χ1) is 5.81. The highest BCUT2D eigenvalue weighted by atomic mass is 14.0. The average Bonchev–Trinajstić information content (AvgIpc) is 2.10. The molecule has 0 saturated heterocycles. The fourth-order valence-corrected chi connectivity index (χ4v) is 1.36. The summed E-state index contributed by atoms with van der Waals surface area (Å²) in [6, 6.07) is 0. The van der Waals surface area contributed by atoms with Crippen molar-refractivity contribution in [2.24, 2.45) is 5.92 Å². The van der Waals surface area contributed by atoms with Gasteiger partial charge in [0.1, 0.15) is 0 Å². The number of allylic oxidation sites excluding steroid dienone is 1. The molecule has 12 heavy (non-hydrogen) atoms. The van der Waals surface area contributed by atoms with Crippen LogP contribution in [0.2, 0.25) is 0 Å². The van der Waals surface area contributed by atoms with Gasteiger partial charge in [-0.15, -0.1) is 6.58 Å². The Kier molecular flexibility index (Phi) is 8.64. The molecule has 0 bridgehead atoms. The first-order valence-corrected chi connectivity index (χ1v) is 5.43. The van der Waals surface area contributed by atoms with E-state index in [0.29, 0.717) is 0 Å². The molecule has 0 aliphatic carbocycles. The van der Waals surface area contributed by atoms with Gasteiger partial charge in [0.15, 0.2) is 0 Å². The van der Waals surface area contributed by atoms with Crippen LogP contribution >= 0.6 is 0 Å². The van der Waals surface area contributed by atoms with Crippen molar-refractivity contribution in [3.05, 3.63) is 12.7 Å². The van der Waals surface area contributed by atoms with Crippen molar-refractivity contribution in [1.29, 1.82) is 0 Å². The molecule has 0 spiro atoms. The van der Waals surface area contributed by atoms with Crippen LogP contribution in [0.5, 0.6) is 0 Å². The van der Waals surface area contributed by atoms with Gasteiger partial charge in [-0.2, -0.15) is 0 Å². The first kappa shape index (κ1) is 11.7. The highest BCUT2D eigenvalue weighted by Crippen LogP contribution is 2.12. The zero-order valence-corrected chi connectivity index (χ0v) is 8.81. The predicted octanol–water partition coefficient (Wildman–Crippen LogP) is 4.56. The van der Waals surface area contributed by atoms with Gasteiger partial charge in [0.25, 0.3) is 0 Å². The molecule has 0 aromatic carbocycles. The van der Waals surface area contributed by atoms with Gasteiger partial charge in [0.2, 0.25) is 0 Å². The quantitative estimate of drug-likeness (QED) is 0.368. The molecule has 0 fully saturated rings. The molecule has 0 heterocycles. The lowest BCUT2D eigenvalue weighted by molar-refractivity contribution is 0.543. The van der Waals surface area contributed by atoms with Crippen molar-refractivity contribution in [3.8, 4) is 0 Å². The normalized spacial score (nSPS) is 12.8. The minimum atomic E-state index is 0.719. The summed E-state index contributed by atoms with van der Waals surface area (Å²) in [6.07, 6.45) is 11.8. The maximum Gasteiger partial charge on any atom is -0.0265 e. The summed E-state index contributed by atoms with van der Waals surface area (Å²) in [4.78, 5) is 0. The second kappa shape index (κ2) is 8.83. The second-order valence-electron chi connectivity index (χ2n) is 3.77. The van der Waals surface area contributed by atoms with Gasteiger partial charge in [-0.3, -0.25) is 0 Å². The van der Waals surface area contributed by atoms with E-state index in [1.807, 2.05) is 0 Å².